The van der Waals surface area contributed by atoms with Crippen LogP contribution in [0.4, 0.5) is 5.69 Å². The molecule has 1 heterocycles. The number of nitrogens with zero attached hydrogens (tertiary/aromatic N) is 1. The summed E-state index contributed by atoms with van der Waals surface area (Å²) in [5.74, 6) is 0.461. The van der Waals surface area contributed by atoms with Crippen molar-refractivity contribution in [3.8, 4) is 5.75 Å². The van der Waals surface area contributed by atoms with E-state index < -0.39 is 0 Å². The molecular weight excluding hydrogens is 390 g/mol. The van der Waals surface area contributed by atoms with E-state index in [9.17, 15) is 14.4 Å². The fraction of sp³-hybridized carbons (Fsp3) is 0.143. The number of hydrogen-bond acceptors (Lipinski definition) is 6. The number of ketones is 1. The Bertz CT molecular complexity index is 1050. The van der Waals surface area contributed by atoms with Crippen molar-refractivity contribution >= 4 is 29.1 Å². The number of benzene rings is 2. The smallest absolute Gasteiger partial charge is 0.251 e. The Morgan fingerprint density at radius 1 is 1.10 bits per heavy atom. The third-order valence-electron chi connectivity index (χ3n) is 3.82. The fourth-order valence-corrected chi connectivity index (χ4v) is 3.11. The molecule has 7 nitrogen and oxygen atoms in total. The Hall–Kier alpha value is -3.39. The van der Waals surface area contributed by atoms with E-state index in [4.69, 9.17) is 4.74 Å². The highest BCUT2D eigenvalue weighted by Crippen LogP contribution is 2.15. The minimum absolute atomic E-state index is 0.0374. The number of thioether (sulfide) groups is 1. The minimum Gasteiger partial charge on any atom is -0.487 e. The van der Waals surface area contributed by atoms with Crippen molar-refractivity contribution in [2.45, 2.75) is 18.7 Å². The molecule has 3 rings (SSSR count). The Labute approximate surface area is 171 Å². The van der Waals surface area contributed by atoms with Gasteiger partial charge in [0, 0.05) is 17.3 Å². The van der Waals surface area contributed by atoms with Crippen molar-refractivity contribution in [3.05, 3.63) is 82.3 Å². The van der Waals surface area contributed by atoms with Gasteiger partial charge in [0.15, 0.2) is 10.9 Å². The largest absolute Gasteiger partial charge is 0.487 e. The van der Waals surface area contributed by atoms with Gasteiger partial charge in [0.05, 0.1) is 11.4 Å². The molecule has 0 spiro atoms. The molecule has 2 N–H and O–H groups in total. The Morgan fingerprint density at radius 2 is 1.83 bits per heavy atom. The van der Waals surface area contributed by atoms with Crippen molar-refractivity contribution < 1.29 is 14.3 Å². The second-order valence-electron chi connectivity index (χ2n) is 6.11. The van der Waals surface area contributed by atoms with E-state index >= 15 is 0 Å². The summed E-state index contributed by atoms with van der Waals surface area (Å²) in [6.45, 7) is 1.63. The van der Waals surface area contributed by atoms with Gasteiger partial charge in [0.1, 0.15) is 12.4 Å². The number of nitrogens with one attached hydrogen (secondary N) is 2. The molecule has 8 heteroatoms. The number of para-hydroxylation sites is 1. The van der Waals surface area contributed by atoms with Gasteiger partial charge < -0.3 is 15.0 Å². The zero-order valence-electron chi connectivity index (χ0n) is 15.7. The zero-order chi connectivity index (χ0) is 20.6. The van der Waals surface area contributed by atoms with Crippen LogP contribution in [0.1, 0.15) is 23.0 Å². The average molecular weight is 409 g/mol. The third-order valence-corrected chi connectivity index (χ3v) is 4.69. The maximum atomic E-state index is 12.1. The van der Waals surface area contributed by atoms with Crippen molar-refractivity contribution in [2.75, 3.05) is 11.1 Å². The second kappa shape index (κ2) is 9.70. The van der Waals surface area contributed by atoms with Crippen molar-refractivity contribution in [2.24, 2.45) is 0 Å². The lowest BCUT2D eigenvalue weighted by molar-refractivity contribution is -0.113. The van der Waals surface area contributed by atoms with E-state index in [1.54, 1.807) is 24.3 Å². The van der Waals surface area contributed by atoms with E-state index in [0.717, 1.165) is 11.8 Å². The van der Waals surface area contributed by atoms with Crippen LogP contribution in [-0.4, -0.2) is 27.4 Å². The normalized spacial score (nSPS) is 10.4. The van der Waals surface area contributed by atoms with Gasteiger partial charge in [-0.2, -0.15) is 0 Å². The molecule has 0 aliphatic carbocycles. The molecule has 0 bridgehead atoms. The molecule has 0 unspecified atom stereocenters. The minimum atomic E-state index is -0.311. The maximum absolute atomic E-state index is 12.1. The number of Topliss-reactive ketones (excluding diaryl/α,β-unsaturated/α-hetero) is 1. The second-order valence-corrected chi connectivity index (χ2v) is 7.08. The van der Waals surface area contributed by atoms with Gasteiger partial charge in [-0.1, -0.05) is 30.0 Å². The first kappa shape index (κ1) is 20.3. The molecule has 0 saturated carbocycles. The van der Waals surface area contributed by atoms with E-state index in [0.29, 0.717) is 27.9 Å². The first-order valence-electron chi connectivity index (χ1n) is 8.81. The summed E-state index contributed by atoms with van der Waals surface area (Å²) in [5.41, 5.74) is 1.33. The monoisotopic (exact) mass is 409 g/mol. The summed E-state index contributed by atoms with van der Waals surface area (Å²) in [5, 5.41) is 3.08. The Balaban J connectivity index is 1.55. The van der Waals surface area contributed by atoms with Gasteiger partial charge in [-0.15, -0.1) is 0 Å². The van der Waals surface area contributed by atoms with Crippen LogP contribution in [0, 0.1) is 0 Å². The summed E-state index contributed by atoms with van der Waals surface area (Å²) in [7, 11) is 0. The number of amides is 1. The van der Waals surface area contributed by atoms with Crippen LogP contribution in [0.15, 0.2) is 70.6 Å². The van der Waals surface area contributed by atoms with Crippen LogP contribution in [0.3, 0.4) is 0 Å². The summed E-state index contributed by atoms with van der Waals surface area (Å²) in [6.07, 6.45) is 0. The Kier molecular flexibility index (Phi) is 6.80. The molecule has 2 aromatic carbocycles. The molecule has 1 aromatic heterocycles. The lowest BCUT2D eigenvalue weighted by Crippen LogP contribution is -2.16. The number of H-pyrrole nitrogens is 1. The zero-order valence-corrected chi connectivity index (χ0v) is 16.5. The highest BCUT2D eigenvalue weighted by Gasteiger charge is 2.08. The molecule has 1 amide bonds. The van der Waals surface area contributed by atoms with Crippen LogP contribution >= 0.6 is 11.8 Å². The molecule has 0 atom stereocenters. The van der Waals surface area contributed by atoms with E-state index in [2.05, 4.69) is 15.3 Å². The lowest BCUT2D eigenvalue weighted by atomic mass is 10.1. The van der Waals surface area contributed by atoms with Gasteiger partial charge in [0.25, 0.3) is 5.56 Å². The summed E-state index contributed by atoms with van der Waals surface area (Å²) in [4.78, 5) is 42.2. The number of carbonyl (C=O) groups is 2. The van der Waals surface area contributed by atoms with Crippen LogP contribution in [0.25, 0.3) is 0 Å². The molecular formula is C21H19N3O4S. The van der Waals surface area contributed by atoms with Gasteiger partial charge in [-0.05, 0) is 43.3 Å². The molecule has 0 fully saturated rings. The molecule has 0 aliphatic heterocycles. The predicted molar refractivity (Wildman–Crippen MR) is 111 cm³/mol. The molecule has 148 valence electrons. The predicted octanol–water partition coefficient (Wildman–Crippen LogP) is 3.28. The average Bonchev–Trinajstić information content (AvgIpc) is 2.72. The van der Waals surface area contributed by atoms with Crippen LogP contribution in [0.2, 0.25) is 0 Å². The van der Waals surface area contributed by atoms with Gasteiger partial charge in [-0.25, -0.2) is 4.98 Å². The van der Waals surface area contributed by atoms with Crippen LogP contribution in [-0.2, 0) is 11.4 Å². The topological polar surface area (TPSA) is 101 Å². The summed E-state index contributed by atoms with van der Waals surface area (Å²) in [6, 6.07) is 17.2. The third kappa shape index (κ3) is 6.32. The highest BCUT2D eigenvalue weighted by atomic mass is 32.2. The Morgan fingerprint density at radius 3 is 2.52 bits per heavy atom. The van der Waals surface area contributed by atoms with Crippen molar-refractivity contribution in [1.29, 1.82) is 0 Å². The molecule has 0 radical (unpaired) electrons. The number of ether oxygens (including phenoxy) is 1. The summed E-state index contributed by atoms with van der Waals surface area (Å²) >= 11 is 1.12. The van der Waals surface area contributed by atoms with Crippen molar-refractivity contribution in [1.82, 2.24) is 9.97 Å². The lowest BCUT2D eigenvalue weighted by Gasteiger charge is -2.07. The number of anilines is 1. The van der Waals surface area contributed by atoms with E-state index in [1.165, 1.54) is 13.0 Å². The molecule has 3 aromatic rings. The van der Waals surface area contributed by atoms with E-state index in [1.807, 2.05) is 30.3 Å². The first-order valence-corrected chi connectivity index (χ1v) is 9.80. The van der Waals surface area contributed by atoms with Crippen LogP contribution < -0.4 is 15.6 Å². The van der Waals surface area contributed by atoms with Crippen LogP contribution in [0.5, 0.6) is 5.75 Å². The first-order chi connectivity index (χ1) is 14.0. The SMILES string of the molecule is CC(=O)c1ccc(NC(=O)CSc2nc(COc3ccccc3)cc(=O)[nH]2)cc1. The standard InChI is InChI=1S/C21H19N3O4S/c1-14(25)15-7-9-16(10-8-15)22-20(27)13-29-21-23-17(11-19(26)24-21)12-28-18-5-3-2-4-6-18/h2-11H,12-13H2,1H3,(H,22,27)(H,23,24,26). The van der Waals surface area contributed by atoms with Gasteiger partial charge in [-0.3, -0.25) is 14.4 Å². The van der Waals surface area contributed by atoms with Gasteiger partial charge in [0.2, 0.25) is 5.91 Å². The molecule has 0 aliphatic rings. The van der Waals surface area contributed by atoms with Crippen molar-refractivity contribution in [3.63, 3.8) is 0 Å². The van der Waals surface area contributed by atoms with Gasteiger partial charge >= 0.3 is 0 Å². The maximum Gasteiger partial charge on any atom is 0.251 e. The fourth-order valence-electron chi connectivity index (χ4n) is 2.42. The molecule has 0 saturated heterocycles. The number of rotatable bonds is 8. The molecule has 29 heavy (non-hydrogen) atoms. The summed E-state index contributed by atoms with van der Waals surface area (Å²) < 4.78 is 5.61. The number of carbonyl (C=O) groups excluding carboxylic acids is 2. The quantitative estimate of drug-likeness (QED) is 0.336. The number of aromatic nitrogens is 2. The van der Waals surface area contributed by atoms with E-state index in [-0.39, 0.29) is 29.6 Å². The number of aromatic amines is 1. The highest BCUT2D eigenvalue weighted by molar-refractivity contribution is 7.99. The number of hydrogen-bond donors (Lipinski definition) is 2.